The minimum absolute atomic E-state index is 0.520. The van der Waals surface area contributed by atoms with Gasteiger partial charge in [-0.2, -0.15) is 0 Å². The highest BCUT2D eigenvalue weighted by Gasteiger charge is 2.05. The lowest BCUT2D eigenvalue weighted by Crippen LogP contribution is -2.27. The number of carbonyl (C=O) groups is 1. The molecule has 2 N–H and O–H groups in total. The third-order valence-corrected chi connectivity index (χ3v) is 2.53. The van der Waals surface area contributed by atoms with Crippen molar-refractivity contribution in [1.82, 2.24) is 0 Å². The Labute approximate surface area is 110 Å². The van der Waals surface area contributed by atoms with Gasteiger partial charge in [-0.3, -0.25) is 5.32 Å². The van der Waals surface area contributed by atoms with Crippen molar-refractivity contribution in [2.45, 2.75) is 0 Å². The van der Waals surface area contributed by atoms with Crippen molar-refractivity contribution in [3.8, 4) is 0 Å². The van der Waals surface area contributed by atoms with Gasteiger partial charge in [0.25, 0.3) is 0 Å². The number of benzene rings is 1. The Morgan fingerprint density at radius 1 is 1.18 bits per heavy atom. The fraction of sp³-hybridized carbons (Fsp3) is 0.364. The second-order valence-electron chi connectivity index (χ2n) is 3.34. The largest absolute Gasteiger partial charge is 0.465 e. The number of anilines is 2. The van der Waals surface area contributed by atoms with E-state index in [-0.39, 0.29) is 0 Å². The van der Waals surface area contributed by atoms with Crippen molar-refractivity contribution in [2.75, 3.05) is 35.1 Å². The van der Waals surface area contributed by atoms with E-state index in [4.69, 9.17) is 28.3 Å². The fourth-order valence-electron chi connectivity index (χ4n) is 1.45. The number of hydrogen-bond donors (Lipinski definition) is 2. The van der Waals surface area contributed by atoms with E-state index in [2.05, 4.69) is 5.32 Å². The van der Waals surface area contributed by atoms with Gasteiger partial charge in [-0.05, 0) is 24.3 Å². The summed E-state index contributed by atoms with van der Waals surface area (Å²) in [5.41, 5.74) is 1.51. The fourth-order valence-corrected chi connectivity index (χ4v) is 1.86. The van der Waals surface area contributed by atoms with E-state index in [1.165, 1.54) is 0 Å². The van der Waals surface area contributed by atoms with Gasteiger partial charge >= 0.3 is 6.09 Å². The van der Waals surface area contributed by atoms with Gasteiger partial charge in [0, 0.05) is 36.2 Å². The number of carboxylic acid groups (broad SMARTS) is 1. The number of hydrogen-bond acceptors (Lipinski definition) is 2. The first-order chi connectivity index (χ1) is 8.17. The summed E-state index contributed by atoms with van der Waals surface area (Å²) in [5, 5.41) is 10.8. The van der Waals surface area contributed by atoms with Crippen LogP contribution in [0.2, 0.25) is 0 Å². The number of alkyl halides is 2. The van der Waals surface area contributed by atoms with Crippen LogP contribution in [0.15, 0.2) is 24.3 Å². The van der Waals surface area contributed by atoms with Crippen molar-refractivity contribution >= 4 is 40.7 Å². The zero-order valence-electron chi connectivity index (χ0n) is 9.20. The molecule has 0 spiro atoms. The topological polar surface area (TPSA) is 52.6 Å². The Hall–Kier alpha value is -1.13. The average molecular weight is 277 g/mol. The Bertz CT molecular complexity index is 351. The molecule has 0 saturated carbocycles. The molecule has 1 aromatic rings. The van der Waals surface area contributed by atoms with Gasteiger partial charge in [0.2, 0.25) is 0 Å². The van der Waals surface area contributed by atoms with Crippen LogP contribution in [0.3, 0.4) is 0 Å². The maximum atomic E-state index is 10.4. The molecule has 94 valence electrons. The first-order valence-electron chi connectivity index (χ1n) is 5.14. The van der Waals surface area contributed by atoms with Gasteiger partial charge in [0.05, 0.1) is 0 Å². The van der Waals surface area contributed by atoms with Crippen LogP contribution in [-0.4, -0.2) is 36.0 Å². The Kier molecular flexibility index (Phi) is 5.94. The van der Waals surface area contributed by atoms with Crippen molar-refractivity contribution in [1.29, 1.82) is 0 Å². The Balaban J connectivity index is 2.72. The molecule has 0 aliphatic rings. The predicted molar refractivity (Wildman–Crippen MR) is 71.7 cm³/mol. The molecule has 0 aromatic heterocycles. The lowest BCUT2D eigenvalue weighted by molar-refractivity contribution is 0.210. The van der Waals surface area contributed by atoms with Crippen molar-refractivity contribution in [2.24, 2.45) is 0 Å². The first-order valence-corrected chi connectivity index (χ1v) is 6.21. The molecule has 17 heavy (non-hydrogen) atoms. The van der Waals surface area contributed by atoms with E-state index in [0.29, 0.717) is 30.5 Å². The summed E-state index contributed by atoms with van der Waals surface area (Å²) >= 11 is 11.4. The maximum Gasteiger partial charge on any atom is 0.409 e. The highest BCUT2D eigenvalue weighted by molar-refractivity contribution is 6.18. The van der Waals surface area contributed by atoms with Gasteiger partial charge in [0.15, 0.2) is 0 Å². The second-order valence-corrected chi connectivity index (χ2v) is 4.10. The van der Waals surface area contributed by atoms with Crippen LogP contribution in [0.4, 0.5) is 16.2 Å². The molecule has 0 unspecified atom stereocenters. The maximum absolute atomic E-state index is 10.4. The van der Waals surface area contributed by atoms with Crippen LogP contribution >= 0.6 is 23.2 Å². The number of rotatable bonds is 6. The number of nitrogens with one attached hydrogen (secondary N) is 1. The molecule has 1 aromatic carbocycles. The molecule has 0 aliphatic heterocycles. The lowest BCUT2D eigenvalue weighted by Gasteiger charge is -2.22. The number of amides is 1. The molecule has 0 fully saturated rings. The lowest BCUT2D eigenvalue weighted by atomic mass is 10.2. The van der Waals surface area contributed by atoms with E-state index < -0.39 is 6.09 Å². The van der Waals surface area contributed by atoms with E-state index in [1.54, 1.807) is 12.1 Å². The smallest absolute Gasteiger partial charge is 0.409 e. The van der Waals surface area contributed by atoms with Gasteiger partial charge in [-0.25, -0.2) is 4.79 Å². The highest BCUT2D eigenvalue weighted by Crippen LogP contribution is 2.18. The Morgan fingerprint density at radius 2 is 1.71 bits per heavy atom. The standard InChI is InChI=1S/C11H14Cl2N2O2/c12-5-7-15(8-6-13)10-3-1-9(2-4-10)14-11(16)17/h1-4,14H,5-8H2,(H,16,17). The number of nitrogens with zero attached hydrogens (tertiary/aromatic N) is 1. The van der Waals surface area contributed by atoms with Crippen LogP contribution in [0.1, 0.15) is 0 Å². The van der Waals surface area contributed by atoms with Crippen LogP contribution in [-0.2, 0) is 0 Å². The molecule has 1 rings (SSSR count). The summed E-state index contributed by atoms with van der Waals surface area (Å²) < 4.78 is 0. The van der Waals surface area contributed by atoms with Crippen LogP contribution in [0.5, 0.6) is 0 Å². The summed E-state index contributed by atoms with van der Waals surface area (Å²) in [6.45, 7) is 1.42. The normalized spacial score (nSPS) is 10.0. The summed E-state index contributed by atoms with van der Waals surface area (Å²) in [6.07, 6.45) is -1.07. The second kappa shape index (κ2) is 7.25. The van der Waals surface area contributed by atoms with Gasteiger partial charge in [-0.1, -0.05) is 0 Å². The van der Waals surface area contributed by atoms with Crippen LogP contribution < -0.4 is 10.2 Å². The highest BCUT2D eigenvalue weighted by atomic mass is 35.5. The van der Waals surface area contributed by atoms with Crippen molar-refractivity contribution in [3.05, 3.63) is 24.3 Å². The summed E-state index contributed by atoms with van der Waals surface area (Å²) in [5.74, 6) is 1.04. The number of halogens is 2. The van der Waals surface area contributed by atoms with Crippen LogP contribution in [0, 0.1) is 0 Å². The minimum atomic E-state index is -1.07. The third-order valence-electron chi connectivity index (χ3n) is 2.19. The third kappa shape index (κ3) is 4.71. The predicted octanol–water partition coefficient (Wildman–Crippen LogP) is 3.06. The average Bonchev–Trinajstić information content (AvgIpc) is 2.29. The van der Waals surface area contributed by atoms with E-state index in [0.717, 1.165) is 5.69 Å². The molecule has 0 atom stereocenters. The molecule has 0 radical (unpaired) electrons. The SMILES string of the molecule is O=C(O)Nc1ccc(N(CCCl)CCCl)cc1. The van der Waals surface area contributed by atoms with E-state index in [1.807, 2.05) is 17.0 Å². The summed E-state index contributed by atoms with van der Waals surface area (Å²) in [6, 6.07) is 7.09. The van der Waals surface area contributed by atoms with Crippen LogP contribution in [0.25, 0.3) is 0 Å². The molecule has 1 amide bonds. The molecule has 0 bridgehead atoms. The molecule has 0 heterocycles. The first kappa shape index (κ1) is 13.9. The molecule has 6 heteroatoms. The molecule has 0 saturated heterocycles. The van der Waals surface area contributed by atoms with Gasteiger partial charge in [0.1, 0.15) is 0 Å². The zero-order chi connectivity index (χ0) is 12.7. The quantitative estimate of drug-likeness (QED) is 0.786. The van der Waals surface area contributed by atoms with Crippen molar-refractivity contribution < 1.29 is 9.90 Å². The molecular formula is C11H14Cl2N2O2. The monoisotopic (exact) mass is 276 g/mol. The van der Waals surface area contributed by atoms with Crippen molar-refractivity contribution in [3.63, 3.8) is 0 Å². The zero-order valence-corrected chi connectivity index (χ0v) is 10.7. The van der Waals surface area contributed by atoms with Gasteiger partial charge < -0.3 is 10.0 Å². The van der Waals surface area contributed by atoms with Gasteiger partial charge in [-0.15, -0.1) is 23.2 Å². The summed E-state index contributed by atoms with van der Waals surface area (Å²) in [4.78, 5) is 12.5. The van der Waals surface area contributed by atoms with E-state index in [9.17, 15) is 4.79 Å². The minimum Gasteiger partial charge on any atom is -0.465 e. The molecule has 0 aliphatic carbocycles. The summed E-state index contributed by atoms with van der Waals surface area (Å²) in [7, 11) is 0. The molecular weight excluding hydrogens is 263 g/mol. The van der Waals surface area contributed by atoms with E-state index >= 15 is 0 Å². The Morgan fingerprint density at radius 3 is 2.12 bits per heavy atom. The molecule has 4 nitrogen and oxygen atoms in total.